The van der Waals surface area contributed by atoms with Crippen LogP contribution in [0, 0.1) is 0 Å². The van der Waals surface area contributed by atoms with Gasteiger partial charge in [-0.3, -0.25) is 4.79 Å². The third kappa shape index (κ3) is 4.30. The van der Waals surface area contributed by atoms with E-state index in [1.54, 1.807) is 0 Å². The van der Waals surface area contributed by atoms with E-state index >= 15 is 0 Å². The summed E-state index contributed by atoms with van der Waals surface area (Å²) in [6, 6.07) is 0. The molecular weight excluding hydrogens is 180 g/mol. The predicted octanol–water partition coefficient (Wildman–Crippen LogP) is 2.71. The first kappa shape index (κ1) is 11.1. The lowest BCUT2D eigenvalue weighted by Crippen LogP contribution is -2.16. The molecule has 14 heavy (non-hydrogen) atoms. The van der Waals surface area contributed by atoms with Gasteiger partial charge in [-0.15, -0.1) is 0 Å². The van der Waals surface area contributed by atoms with Crippen LogP contribution >= 0.6 is 0 Å². The van der Waals surface area contributed by atoms with E-state index in [0.29, 0.717) is 12.2 Å². The Hall–Kier alpha value is -0.990. The van der Waals surface area contributed by atoms with Gasteiger partial charge in [-0.25, -0.2) is 0 Å². The monoisotopic (exact) mass is 198 g/mol. The van der Waals surface area contributed by atoms with Gasteiger partial charge in [-0.1, -0.05) is 13.0 Å². The van der Waals surface area contributed by atoms with Crippen LogP contribution in [0.3, 0.4) is 0 Å². The summed E-state index contributed by atoms with van der Waals surface area (Å²) in [7, 11) is 0. The highest BCUT2D eigenvalue weighted by atomic mass is 16.5. The lowest BCUT2D eigenvalue weighted by atomic mass is 9.98. The molecule has 1 N–H and O–H groups in total. The molecule has 0 saturated heterocycles. The first-order chi connectivity index (χ1) is 6.68. The van der Waals surface area contributed by atoms with Crippen molar-refractivity contribution in [2.45, 2.75) is 51.0 Å². The van der Waals surface area contributed by atoms with Crippen LogP contribution in [0.25, 0.3) is 0 Å². The molecule has 0 radical (unpaired) electrons. The highest BCUT2D eigenvalue weighted by Crippen LogP contribution is 2.23. The molecule has 0 atom stereocenters. The molecule has 0 aliphatic heterocycles. The maximum atomic E-state index is 10.3. The molecule has 1 aliphatic rings. The molecule has 0 aromatic carbocycles. The Morgan fingerprint density at radius 1 is 1.29 bits per heavy atom. The number of carboxylic acid groups (broad SMARTS) is 1. The van der Waals surface area contributed by atoms with E-state index in [4.69, 9.17) is 9.84 Å². The smallest absolute Gasteiger partial charge is 0.303 e. The number of aliphatic carboxylic acids is 1. The van der Waals surface area contributed by atoms with Crippen LogP contribution in [-0.4, -0.2) is 17.2 Å². The van der Waals surface area contributed by atoms with Crippen molar-refractivity contribution in [3.8, 4) is 0 Å². The SMILES string of the molecule is C=C(CCC(=O)O)OC1CCCCC1. The van der Waals surface area contributed by atoms with Crippen molar-refractivity contribution in [1.82, 2.24) is 0 Å². The molecule has 0 unspecified atom stereocenters. The van der Waals surface area contributed by atoms with Gasteiger partial charge >= 0.3 is 5.97 Å². The van der Waals surface area contributed by atoms with Crippen LogP contribution in [0.1, 0.15) is 44.9 Å². The van der Waals surface area contributed by atoms with Crippen molar-refractivity contribution in [3.63, 3.8) is 0 Å². The molecule has 1 aliphatic carbocycles. The van der Waals surface area contributed by atoms with Gasteiger partial charge in [0.1, 0.15) is 0 Å². The van der Waals surface area contributed by atoms with E-state index in [-0.39, 0.29) is 12.5 Å². The molecule has 0 aromatic rings. The minimum atomic E-state index is -0.793. The Balaban J connectivity index is 2.15. The molecule has 0 amide bonds. The average Bonchev–Trinajstić information content (AvgIpc) is 2.16. The van der Waals surface area contributed by atoms with Crippen LogP contribution in [0.5, 0.6) is 0 Å². The van der Waals surface area contributed by atoms with Gasteiger partial charge in [0.2, 0.25) is 0 Å². The van der Waals surface area contributed by atoms with Crippen LogP contribution in [-0.2, 0) is 9.53 Å². The Kier molecular flexibility index (Phi) is 4.50. The summed E-state index contributed by atoms with van der Waals surface area (Å²) in [4.78, 5) is 10.3. The summed E-state index contributed by atoms with van der Waals surface area (Å²) in [5, 5.41) is 8.47. The van der Waals surface area contributed by atoms with Crippen molar-refractivity contribution in [3.05, 3.63) is 12.3 Å². The normalized spacial score (nSPS) is 17.7. The van der Waals surface area contributed by atoms with Gasteiger partial charge in [0.05, 0.1) is 18.3 Å². The van der Waals surface area contributed by atoms with Gasteiger partial charge in [0.15, 0.2) is 0 Å². The van der Waals surface area contributed by atoms with Gasteiger partial charge in [0, 0.05) is 6.42 Å². The van der Waals surface area contributed by atoms with E-state index in [1.807, 2.05) is 0 Å². The molecule has 0 bridgehead atoms. The molecule has 1 fully saturated rings. The van der Waals surface area contributed by atoms with E-state index < -0.39 is 5.97 Å². The summed E-state index contributed by atoms with van der Waals surface area (Å²) >= 11 is 0. The lowest BCUT2D eigenvalue weighted by Gasteiger charge is -2.23. The second-order valence-corrected chi connectivity index (χ2v) is 3.81. The maximum absolute atomic E-state index is 10.3. The Bertz CT molecular complexity index is 205. The van der Waals surface area contributed by atoms with Crippen molar-refractivity contribution in [1.29, 1.82) is 0 Å². The topological polar surface area (TPSA) is 46.5 Å². The second kappa shape index (κ2) is 5.68. The summed E-state index contributed by atoms with van der Waals surface area (Å²) in [5.74, 6) is -0.169. The largest absolute Gasteiger partial charge is 0.495 e. The molecule has 1 saturated carbocycles. The molecule has 3 heteroatoms. The average molecular weight is 198 g/mol. The van der Waals surface area contributed by atoms with Gasteiger partial charge in [0.25, 0.3) is 0 Å². The zero-order valence-corrected chi connectivity index (χ0v) is 8.50. The molecule has 0 spiro atoms. The van der Waals surface area contributed by atoms with Crippen LogP contribution in [0.2, 0.25) is 0 Å². The summed E-state index contributed by atoms with van der Waals surface area (Å²) in [5.41, 5.74) is 0. The maximum Gasteiger partial charge on any atom is 0.303 e. The summed E-state index contributed by atoms with van der Waals surface area (Å²) in [6.07, 6.45) is 6.75. The number of carbonyl (C=O) groups is 1. The minimum Gasteiger partial charge on any atom is -0.495 e. The minimum absolute atomic E-state index is 0.117. The lowest BCUT2D eigenvalue weighted by molar-refractivity contribution is -0.137. The number of allylic oxidation sites excluding steroid dienone is 1. The third-order valence-corrected chi connectivity index (χ3v) is 2.50. The molecule has 0 aromatic heterocycles. The van der Waals surface area contributed by atoms with Gasteiger partial charge < -0.3 is 9.84 Å². The number of rotatable bonds is 5. The standard InChI is InChI=1S/C11H18O3/c1-9(7-8-11(12)13)14-10-5-3-2-4-6-10/h10H,1-8H2,(H,12,13). The fourth-order valence-corrected chi connectivity index (χ4v) is 1.72. The van der Waals surface area contributed by atoms with Crippen LogP contribution < -0.4 is 0 Å². The van der Waals surface area contributed by atoms with Gasteiger partial charge in [-0.2, -0.15) is 0 Å². The van der Waals surface area contributed by atoms with E-state index in [1.165, 1.54) is 19.3 Å². The van der Waals surface area contributed by atoms with E-state index in [9.17, 15) is 4.79 Å². The predicted molar refractivity (Wildman–Crippen MR) is 54.0 cm³/mol. The third-order valence-electron chi connectivity index (χ3n) is 2.50. The Labute approximate surface area is 84.8 Å². The highest BCUT2D eigenvalue weighted by Gasteiger charge is 2.15. The van der Waals surface area contributed by atoms with Crippen molar-refractivity contribution in [2.24, 2.45) is 0 Å². The zero-order chi connectivity index (χ0) is 10.4. The Morgan fingerprint density at radius 2 is 1.93 bits per heavy atom. The Morgan fingerprint density at radius 3 is 2.50 bits per heavy atom. The highest BCUT2D eigenvalue weighted by molar-refractivity contribution is 5.66. The fraction of sp³-hybridized carbons (Fsp3) is 0.727. The van der Waals surface area contributed by atoms with E-state index in [0.717, 1.165) is 12.8 Å². The number of carboxylic acids is 1. The first-order valence-corrected chi connectivity index (χ1v) is 5.24. The van der Waals surface area contributed by atoms with Crippen molar-refractivity contribution >= 4 is 5.97 Å². The summed E-state index contributed by atoms with van der Waals surface area (Å²) in [6.45, 7) is 3.74. The first-order valence-electron chi connectivity index (χ1n) is 5.24. The number of ether oxygens (including phenoxy) is 1. The van der Waals surface area contributed by atoms with Crippen molar-refractivity contribution < 1.29 is 14.6 Å². The quantitative estimate of drug-likeness (QED) is 0.691. The van der Waals surface area contributed by atoms with Crippen LogP contribution in [0.15, 0.2) is 12.3 Å². The van der Waals surface area contributed by atoms with E-state index in [2.05, 4.69) is 6.58 Å². The summed E-state index contributed by atoms with van der Waals surface area (Å²) < 4.78 is 5.58. The van der Waals surface area contributed by atoms with Crippen molar-refractivity contribution in [2.75, 3.05) is 0 Å². The molecule has 3 nitrogen and oxygen atoms in total. The molecule has 80 valence electrons. The molecular formula is C11H18O3. The molecule has 1 rings (SSSR count). The fourth-order valence-electron chi connectivity index (χ4n) is 1.72. The van der Waals surface area contributed by atoms with Gasteiger partial charge in [-0.05, 0) is 25.7 Å². The number of hydrogen-bond acceptors (Lipinski definition) is 2. The molecule has 0 heterocycles. The second-order valence-electron chi connectivity index (χ2n) is 3.81. The number of hydrogen-bond donors (Lipinski definition) is 1. The zero-order valence-electron chi connectivity index (χ0n) is 8.50. The van der Waals surface area contributed by atoms with Crippen LogP contribution in [0.4, 0.5) is 0 Å².